The van der Waals surface area contributed by atoms with E-state index >= 15 is 0 Å². The first-order valence-electron chi connectivity index (χ1n) is 8.11. The van der Waals surface area contributed by atoms with Gasteiger partial charge in [0.1, 0.15) is 5.75 Å². The lowest BCUT2D eigenvalue weighted by molar-refractivity contribution is 0.0660. The molecule has 23 heavy (non-hydrogen) atoms. The van der Waals surface area contributed by atoms with Crippen LogP contribution in [0.15, 0.2) is 48.8 Å². The Morgan fingerprint density at radius 1 is 1.22 bits per heavy atom. The summed E-state index contributed by atoms with van der Waals surface area (Å²) in [5.74, 6) is 1.51. The van der Waals surface area contributed by atoms with E-state index in [0.717, 1.165) is 38.3 Å². The predicted octanol–water partition coefficient (Wildman–Crippen LogP) is 3.32. The molecule has 1 amide bonds. The zero-order valence-corrected chi connectivity index (χ0v) is 13.4. The fourth-order valence-corrected chi connectivity index (χ4v) is 2.82. The van der Waals surface area contributed by atoms with Crippen LogP contribution in [0, 0.1) is 12.8 Å². The summed E-state index contributed by atoms with van der Waals surface area (Å²) < 4.78 is 5.87. The molecule has 0 unspecified atom stereocenters. The fourth-order valence-electron chi connectivity index (χ4n) is 2.82. The van der Waals surface area contributed by atoms with Gasteiger partial charge >= 0.3 is 0 Å². The van der Waals surface area contributed by atoms with Crippen molar-refractivity contribution in [2.24, 2.45) is 5.92 Å². The molecule has 0 atom stereocenters. The zero-order valence-electron chi connectivity index (χ0n) is 13.4. The SMILES string of the molecule is Cc1ccc(OCC2CCN(C(=O)c3cccnc3)CC2)cc1. The average Bonchev–Trinajstić information content (AvgIpc) is 2.62. The third-order valence-electron chi connectivity index (χ3n) is 4.32. The number of carbonyl (C=O) groups excluding carboxylic acids is 1. The average molecular weight is 310 g/mol. The van der Waals surface area contributed by atoms with Crippen LogP contribution in [0.25, 0.3) is 0 Å². The van der Waals surface area contributed by atoms with Crippen molar-refractivity contribution in [1.82, 2.24) is 9.88 Å². The molecule has 0 bridgehead atoms. The Balaban J connectivity index is 1.47. The highest BCUT2D eigenvalue weighted by molar-refractivity contribution is 5.93. The molecule has 1 fully saturated rings. The molecule has 0 aliphatic carbocycles. The van der Waals surface area contributed by atoms with Gasteiger partial charge in [0.05, 0.1) is 12.2 Å². The summed E-state index contributed by atoms with van der Waals surface area (Å²) in [5.41, 5.74) is 1.90. The van der Waals surface area contributed by atoms with Crippen LogP contribution >= 0.6 is 0 Å². The Morgan fingerprint density at radius 3 is 2.61 bits per heavy atom. The van der Waals surface area contributed by atoms with E-state index in [1.165, 1.54) is 5.56 Å². The highest BCUT2D eigenvalue weighted by Gasteiger charge is 2.24. The zero-order chi connectivity index (χ0) is 16.1. The molecule has 1 aromatic heterocycles. The summed E-state index contributed by atoms with van der Waals surface area (Å²) in [6.45, 7) is 4.36. The number of aromatic nitrogens is 1. The molecule has 0 radical (unpaired) electrons. The number of aryl methyl sites for hydroxylation is 1. The van der Waals surface area contributed by atoms with Crippen LogP contribution in [0.5, 0.6) is 5.75 Å². The molecule has 120 valence electrons. The highest BCUT2D eigenvalue weighted by Crippen LogP contribution is 2.21. The summed E-state index contributed by atoms with van der Waals surface area (Å²) >= 11 is 0. The Morgan fingerprint density at radius 2 is 1.96 bits per heavy atom. The first kappa shape index (κ1) is 15.5. The number of hydrogen-bond acceptors (Lipinski definition) is 3. The van der Waals surface area contributed by atoms with E-state index in [1.807, 2.05) is 23.1 Å². The van der Waals surface area contributed by atoms with Gasteiger partial charge in [-0.2, -0.15) is 0 Å². The van der Waals surface area contributed by atoms with Gasteiger partial charge in [0.2, 0.25) is 0 Å². The number of amides is 1. The number of likely N-dealkylation sites (tertiary alicyclic amines) is 1. The molecule has 0 saturated carbocycles. The minimum atomic E-state index is 0.0796. The lowest BCUT2D eigenvalue weighted by Crippen LogP contribution is -2.39. The van der Waals surface area contributed by atoms with Crippen molar-refractivity contribution >= 4 is 5.91 Å². The first-order valence-corrected chi connectivity index (χ1v) is 8.11. The molecule has 4 heteroatoms. The molecular weight excluding hydrogens is 288 g/mol. The third-order valence-corrected chi connectivity index (χ3v) is 4.32. The lowest BCUT2D eigenvalue weighted by atomic mass is 9.97. The molecule has 1 saturated heterocycles. The molecular formula is C19H22N2O2. The second kappa shape index (κ2) is 7.27. The highest BCUT2D eigenvalue weighted by atomic mass is 16.5. The molecule has 0 spiro atoms. The van der Waals surface area contributed by atoms with Crippen molar-refractivity contribution < 1.29 is 9.53 Å². The second-order valence-electron chi connectivity index (χ2n) is 6.10. The maximum absolute atomic E-state index is 12.4. The largest absolute Gasteiger partial charge is 0.493 e. The smallest absolute Gasteiger partial charge is 0.255 e. The van der Waals surface area contributed by atoms with E-state index in [4.69, 9.17) is 4.74 Å². The minimum Gasteiger partial charge on any atom is -0.493 e. The standard InChI is InChI=1S/C19H22N2O2/c1-15-4-6-18(7-5-15)23-14-16-8-11-21(12-9-16)19(22)17-3-2-10-20-13-17/h2-7,10,13,16H,8-9,11-12,14H2,1H3. The number of carbonyl (C=O) groups is 1. The van der Waals surface area contributed by atoms with Crippen LogP contribution in [0.1, 0.15) is 28.8 Å². The molecule has 1 aliphatic heterocycles. The lowest BCUT2D eigenvalue weighted by Gasteiger charge is -2.31. The van der Waals surface area contributed by atoms with Gasteiger partial charge in [-0.05, 0) is 49.9 Å². The number of rotatable bonds is 4. The van der Waals surface area contributed by atoms with Gasteiger partial charge in [0.25, 0.3) is 5.91 Å². The Labute approximate surface area is 137 Å². The number of nitrogens with zero attached hydrogens (tertiary/aromatic N) is 2. The maximum atomic E-state index is 12.4. The van der Waals surface area contributed by atoms with Gasteiger partial charge in [0, 0.05) is 25.5 Å². The van der Waals surface area contributed by atoms with Crippen molar-refractivity contribution in [2.75, 3.05) is 19.7 Å². The van der Waals surface area contributed by atoms with Crippen LogP contribution < -0.4 is 4.74 Å². The summed E-state index contributed by atoms with van der Waals surface area (Å²) in [4.78, 5) is 18.3. The molecule has 1 aliphatic rings. The molecule has 2 aromatic rings. The fraction of sp³-hybridized carbons (Fsp3) is 0.368. The van der Waals surface area contributed by atoms with Crippen molar-refractivity contribution in [3.05, 3.63) is 59.9 Å². The van der Waals surface area contributed by atoms with Crippen molar-refractivity contribution in [3.63, 3.8) is 0 Å². The van der Waals surface area contributed by atoms with Crippen LogP contribution in [0.4, 0.5) is 0 Å². The van der Waals surface area contributed by atoms with E-state index in [9.17, 15) is 4.79 Å². The van der Waals surface area contributed by atoms with Crippen molar-refractivity contribution in [1.29, 1.82) is 0 Å². The molecule has 4 nitrogen and oxygen atoms in total. The molecule has 2 heterocycles. The minimum absolute atomic E-state index is 0.0796. The number of ether oxygens (including phenoxy) is 1. The third kappa shape index (κ3) is 4.09. The Bertz CT molecular complexity index is 632. The number of pyridine rings is 1. The van der Waals surface area contributed by atoms with Gasteiger partial charge in [0.15, 0.2) is 0 Å². The van der Waals surface area contributed by atoms with E-state index in [0.29, 0.717) is 11.5 Å². The van der Waals surface area contributed by atoms with Crippen molar-refractivity contribution in [3.8, 4) is 5.75 Å². The Hall–Kier alpha value is -2.36. The summed E-state index contributed by atoms with van der Waals surface area (Å²) in [6.07, 6.45) is 5.29. The normalized spacial score (nSPS) is 15.4. The van der Waals surface area contributed by atoms with Gasteiger partial charge in [-0.1, -0.05) is 17.7 Å². The number of piperidine rings is 1. The van der Waals surface area contributed by atoms with E-state index in [-0.39, 0.29) is 5.91 Å². The van der Waals surface area contributed by atoms with Crippen LogP contribution in [-0.2, 0) is 0 Å². The summed E-state index contributed by atoms with van der Waals surface area (Å²) in [5, 5.41) is 0. The quantitative estimate of drug-likeness (QED) is 0.870. The van der Waals surface area contributed by atoms with Gasteiger partial charge in [-0.3, -0.25) is 9.78 Å². The maximum Gasteiger partial charge on any atom is 0.255 e. The summed E-state index contributed by atoms with van der Waals surface area (Å²) in [7, 11) is 0. The van der Waals surface area contributed by atoms with Gasteiger partial charge in [-0.15, -0.1) is 0 Å². The second-order valence-corrected chi connectivity index (χ2v) is 6.10. The predicted molar refractivity (Wildman–Crippen MR) is 89.5 cm³/mol. The van der Waals surface area contributed by atoms with Gasteiger partial charge in [-0.25, -0.2) is 0 Å². The van der Waals surface area contributed by atoms with Crippen LogP contribution in [0.2, 0.25) is 0 Å². The summed E-state index contributed by atoms with van der Waals surface area (Å²) in [6, 6.07) is 11.8. The van der Waals surface area contributed by atoms with Crippen LogP contribution in [-0.4, -0.2) is 35.5 Å². The van der Waals surface area contributed by atoms with E-state index < -0.39 is 0 Å². The number of benzene rings is 1. The molecule has 1 aromatic carbocycles. The Kier molecular flexibility index (Phi) is 4.91. The topological polar surface area (TPSA) is 42.4 Å². The molecule has 0 N–H and O–H groups in total. The van der Waals surface area contributed by atoms with E-state index in [2.05, 4.69) is 24.0 Å². The number of hydrogen-bond donors (Lipinski definition) is 0. The van der Waals surface area contributed by atoms with E-state index in [1.54, 1.807) is 18.5 Å². The first-order chi connectivity index (χ1) is 11.2. The monoisotopic (exact) mass is 310 g/mol. The van der Waals surface area contributed by atoms with Crippen LogP contribution in [0.3, 0.4) is 0 Å². The molecule has 3 rings (SSSR count). The van der Waals surface area contributed by atoms with Crippen molar-refractivity contribution in [2.45, 2.75) is 19.8 Å². The van der Waals surface area contributed by atoms with Gasteiger partial charge < -0.3 is 9.64 Å².